The molecule has 34 heteroatoms. The number of hydrogen-bond donors (Lipinski definition) is 8. The van der Waals surface area contributed by atoms with Crippen LogP contribution < -0.4 is 56.7 Å². The summed E-state index contributed by atoms with van der Waals surface area (Å²) in [6.45, 7) is 20.9. The lowest BCUT2D eigenvalue weighted by Crippen LogP contribution is -2.24. The van der Waals surface area contributed by atoms with Crippen molar-refractivity contribution in [3.05, 3.63) is 219 Å². The summed E-state index contributed by atoms with van der Waals surface area (Å²) in [5.41, 5.74) is 27.5. The molecule has 12 N–H and O–H groups in total. The monoisotopic (exact) mass is 1670 g/mol. The Hall–Kier alpha value is -12.1. The van der Waals surface area contributed by atoms with Crippen molar-refractivity contribution in [3.8, 4) is 74.9 Å². The van der Waals surface area contributed by atoms with Crippen molar-refractivity contribution < 1.29 is 97.2 Å². The number of carboxylic acids is 1. The number of phenolic OH excluding ortho intramolecular Hbond substituents is 1. The van der Waals surface area contributed by atoms with Crippen molar-refractivity contribution >= 4 is 65.2 Å². The molecule has 0 saturated carbocycles. The number of nitrogens with one attached hydrogen (secondary N) is 1. The number of hydrogen-bond acceptors (Lipinski definition) is 22. The summed E-state index contributed by atoms with van der Waals surface area (Å²) in [5, 5.41) is 46.6. The molecule has 0 spiro atoms. The van der Waals surface area contributed by atoms with Crippen molar-refractivity contribution in [2.24, 2.45) is 41.1 Å². The molecule has 11 rings (SSSR count). The number of amides is 1. The number of carbonyl (C=O) groups excluding carboxylic acids is 1. The molecule has 0 aliphatic heterocycles. The number of ether oxygens (including phenoxy) is 6. The lowest BCUT2D eigenvalue weighted by atomic mass is 10.0. The highest BCUT2D eigenvalue weighted by Crippen LogP contribution is 2.35. The molecule has 624 valence electrons. The second-order valence-corrected chi connectivity index (χ2v) is 29.3. The number of aromatic carboxylic acids is 1. The number of aromatic nitrogens is 4. The van der Waals surface area contributed by atoms with Crippen molar-refractivity contribution in [2.45, 2.75) is 88.9 Å². The second-order valence-electron chi connectivity index (χ2n) is 27.2. The number of benzene rings is 7. The first-order valence-electron chi connectivity index (χ1n) is 35.7. The molecule has 0 aliphatic carbocycles. The lowest BCUT2D eigenvalue weighted by Gasteiger charge is -2.15. The molecule has 0 radical (unpaired) electrons. The van der Waals surface area contributed by atoms with Gasteiger partial charge in [-0.3, -0.25) is 4.79 Å². The van der Waals surface area contributed by atoms with E-state index in [1.807, 2.05) is 106 Å². The Morgan fingerprint density at radius 2 is 0.812 bits per heavy atom. The predicted octanol–water partition coefficient (Wildman–Crippen LogP) is 17.8. The number of nitrogens with zero attached hydrogens (tertiary/aromatic N) is 6. The first kappa shape index (κ1) is 95.5. The second kappa shape index (κ2) is 46.5. The van der Waals surface area contributed by atoms with Gasteiger partial charge in [0, 0.05) is 96.8 Å². The maximum atomic E-state index is 14.4. The Morgan fingerprint density at radius 1 is 0.470 bits per heavy atom. The maximum Gasteiger partial charge on any atom is 0.341 e. The standard InChI is InChI=1S/C25H24F2N4O3S.C14H11N3O3S.2C11H15F2NO.C11H11F2NO.C7H3F2NO.C4H10O/c1-13(2)12-34-22-16(6-17(26)9-19(22)27)11-29-23(32)18-7-15(10-30-24(18)33-3)14-4-5-20-21(8-14)35-25(28)31-20;1-20-12-9(13(18)19)4-8(6-16-12)7-2-3-10-11(5-7)21-14(15)17-10;3*1-7(2)6-15-11-8(5-14)3-9(12)4-10(11)13;8-5-1-4(3-10)7(11)6(9)2-5;1-4(2)3-5/h4-10,13H,11-12H2,1-3H3,(H2,28,31)(H,29,32);2-6H,1H3,(H2,15,17)(H,18,19);2*3-4,7H,5-6,14H2,1-2H3;3-4,7H,6H2,1-2H3;1-2,11H;4-5H,3H2,1-2H3. The summed E-state index contributed by atoms with van der Waals surface area (Å²) in [5.74, 6) is -8.85. The van der Waals surface area contributed by atoms with Crippen LogP contribution in [0.25, 0.3) is 42.7 Å². The van der Waals surface area contributed by atoms with Gasteiger partial charge in [0.25, 0.3) is 5.91 Å². The number of nitrogens with two attached hydrogens (primary N) is 4. The number of anilines is 2. The number of methoxy groups -OCH3 is 2. The molecular weight excluding hydrogens is 1580 g/mol. The van der Waals surface area contributed by atoms with Gasteiger partial charge in [-0.05, 0) is 107 Å². The summed E-state index contributed by atoms with van der Waals surface area (Å²) < 4.78 is 164. The van der Waals surface area contributed by atoms with Crippen LogP contribution >= 0.6 is 22.7 Å². The quantitative estimate of drug-likeness (QED) is 0.0276. The van der Waals surface area contributed by atoms with Crippen LogP contribution in [-0.4, -0.2) is 94.4 Å². The van der Waals surface area contributed by atoms with Gasteiger partial charge in [0.2, 0.25) is 11.8 Å². The number of aromatic hydroxyl groups is 1. The molecule has 0 aliphatic rings. The molecule has 22 nitrogen and oxygen atoms in total. The average molecular weight is 1670 g/mol. The van der Waals surface area contributed by atoms with Crippen molar-refractivity contribution in [2.75, 3.05) is 58.7 Å². The fourth-order valence-electron chi connectivity index (χ4n) is 9.58. The first-order chi connectivity index (χ1) is 55.4. The SMILES string of the molecule is CC(C)CO.CC(C)COc1c(F)cc(F)cc1C#N.CC(C)COc1c(F)cc(F)cc1CN.CC(C)COc1c(F)cc(F)cc1CN.COc1ncc(-c2ccc3nc(N)sc3c2)cc1C(=O)NCc1cc(F)cc(F)c1OCC(C)C.COc1ncc(-c2ccc3nc(N)sc3c2)cc1C(=O)O.N#Cc1cc(F)cc(F)c1O. The molecule has 0 unspecified atom stereocenters. The van der Waals surface area contributed by atoms with Gasteiger partial charge in [0.05, 0.1) is 72.2 Å². The molecule has 1 amide bonds. The molecule has 0 bridgehead atoms. The molecule has 4 heterocycles. The molecule has 0 fully saturated rings. The number of nitriles is 2. The van der Waals surface area contributed by atoms with Crippen LogP contribution in [0.15, 0.2) is 122 Å². The lowest BCUT2D eigenvalue weighted by molar-refractivity contribution is 0.0692. The number of fused-ring (bicyclic) bond motifs is 2. The van der Waals surface area contributed by atoms with E-state index in [0.717, 1.165) is 68.0 Å². The third kappa shape index (κ3) is 29.6. The van der Waals surface area contributed by atoms with E-state index in [4.69, 9.17) is 72.1 Å². The highest BCUT2D eigenvalue weighted by atomic mass is 32.1. The van der Waals surface area contributed by atoms with Crippen molar-refractivity contribution in [1.29, 1.82) is 10.5 Å². The van der Waals surface area contributed by atoms with Gasteiger partial charge in [0.1, 0.15) is 52.4 Å². The van der Waals surface area contributed by atoms with Crippen LogP contribution in [0.1, 0.15) is 118 Å². The van der Waals surface area contributed by atoms with E-state index in [1.54, 1.807) is 30.6 Å². The van der Waals surface area contributed by atoms with Crippen molar-refractivity contribution in [1.82, 2.24) is 25.3 Å². The third-order valence-electron chi connectivity index (χ3n) is 15.1. The summed E-state index contributed by atoms with van der Waals surface area (Å²) >= 11 is 2.75. The minimum absolute atomic E-state index is 0.0268. The summed E-state index contributed by atoms with van der Waals surface area (Å²) in [4.78, 5) is 41.0. The highest BCUT2D eigenvalue weighted by molar-refractivity contribution is 7.22. The van der Waals surface area contributed by atoms with Gasteiger partial charge in [-0.25, -0.2) is 68.6 Å². The van der Waals surface area contributed by atoms with Crippen LogP contribution in [0.3, 0.4) is 0 Å². The van der Waals surface area contributed by atoms with E-state index in [-0.39, 0.29) is 114 Å². The number of nitrogen functional groups attached to an aromatic ring is 2. The number of carbonyl (C=O) groups is 2. The minimum atomic E-state index is -1.12. The van der Waals surface area contributed by atoms with Gasteiger partial charge >= 0.3 is 5.97 Å². The van der Waals surface area contributed by atoms with E-state index in [0.29, 0.717) is 70.4 Å². The Kier molecular flexibility index (Phi) is 37.9. The van der Waals surface area contributed by atoms with Gasteiger partial charge in [-0.1, -0.05) is 104 Å². The van der Waals surface area contributed by atoms with E-state index in [1.165, 1.54) is 55.1 Å². The summed E-state index contributed by atoms with van der Waals surface area (Å²) in [6, 6.07) is 26.4. The molecule has 0 saturated heterocycles. The Balaban J connectivity index is 0.000000259. The van der Waals surface area contributed by atoms with Gasteiger partial charge in [-0.2, -0.15) is 10.5 Å². The van der Waals surface area contributed by atoms with Crippen molar-refractivity contribution in [3.63, 3.8) is 0 Å². The Morgan fingerprint density at radius 3 is 1.18 bits per heavy atom. The predicted molar refractivity (Wildman–Crippen MR) is 428 cm³/mol. The third-order valence-corrected chi connectivity index (χ3v) is 16.8. The summed E-state index contributed by atoms with van der Waals surface area (Å²) in [6.07, 6.45) is 3.18. The number of carboxylic acid groups (broad SMARTS) is 1. The zero-order chi connectivity index (χ0) is 87.1. The molecule has 117 heavy (non-hydrogen) atoms. The summed E-state index contributed by atoms with van der Waals surface area (Å²) in [7, 11) is 2.80. The normalized spacial score (nSPS) is 10.6. The number of phenols is 1. The number of aliphatic hydroxyl groups is 1. The smallest absolute Gasteiger partial charge is 0.341 e. The fourth-order valence-corrected chi connectivity index (χ4v) is 11.1. The Bertz CT molecular complexity index is 5190. The largest absolute Gasteiger partial charge is 0.504 e. The number of pyridine rings is 2. The topological polar surface area (TPSA) is 365 Å². The first-order valence-corrected chi connectivity index (χ1v) is 37.4. The fraction of sp³-hybridized carbons (Fsp3) is 0.301. The Labute approximate surface area is 677 Å². The van der Waals surface area contributed by atoms with E-state index < -0.39 is 81.4 Å². The van der Waals surface area contributed by atoms with Crippen LogP contribution in [0.5, 0.6) is 40.5 Å². The van der Waals surface area contributed by atoms with Crippen LogP contribution in [0, 0.1) is 110 Å². The number of halogens is 10. The van der Waals surface area contributed by atoms with Gasteiger partial charge in [0.15, 0.2) is 68.1 Å². The maximum absolute atomic E-state index is 14.4. The minimum Gasteiger partial charge on any atom is -0.504 e. The van der Waals surface area contributed by atoms with Crippen LogP contribution in [-0.2, 0) is 19.6 Å². The molecular formula is C83H89F10N11O11S2. The van der Waals surface area contributed by atoms with E-state index in [2.05, 4.69) is 25.3 Å². The van der Waals surface area contributed by atoms with Gasteiger partial charge < -0.3 is 72.0 Å². The van der Waals surface area contributed by atoms with E-state index in [9.17, 15) is 58.6 Å². The average Bonchev–Trinajstić information content (AvgIpc) is 1.77. The van der Waals surface area contributed by atoms with Crippen LogP contribution in [0.4, 0.5) is 54.2 Å². The zero-order valence-electron chi connectivity index (χ0n) is 65.8. The van der Waals surface area contributed by atoms with E-state index >= 15 is 0 Å². The molecule has 4 aromatic heterocycles. The highest BCUT2D eigenvalue weighted by Gasteiger charge is 2.22. The number of thiazole rings is 2. The molecule has 7 aromatic carbocycles. The zero-order valence-corrected chi connectivity index (χ0v) is 67.4. The molecule has 11 aromatic rings. The van der Waals surface area contributed by atoms with Crippen LogP contribution in [0.2, 0.25) is 0 Å². The number of aliphatic hydroxyl groups excluding tert-OH is 1. The molecule has 0 atom stereocenters. The number of rotatable bonds is 23. The van der Waals surface area contributed by atoms with Gasteiger partial charge in [-0.15, -0.1) is 0 Å².